The Bertz CT molecular complexity index is 454. The number of nitrogens with zero attached hydrogens (tertiary/aromatic N) is 1. The van der Waals surface area contributed by atoms with E-state index < -0.39 is 17.7 Å². The third-order valence-corrected chi connectivity index (χ3v) is 2.12. The molecule has 0 spiro atoms. The van der Waals surface area contributed by atoms with E-state index >= 15 is 0 Å². The monoisotopic (exact) mass is 279 g/mol. The number of rotatable bonds is 3. The molecule has 0 heterocycles. The predicted molar refractivity (Wildman–Crippen MR) is 77.2 cm³/mol. The highest BCUT2D eigenvalue weighted by Gasteiger charge is 2.26. The van der Waals surface area contributed by atoms with E-state index in [0.29, 0.717) is 12.2 Å². The maximum atomic E-state index is 12.1. The number of urea groups is 1. The molecule has 3 amide bonds. The molecule has 1 aromatic rings. The molecule has 0 aliphatic rings. The van der Waals surface area contributed by atoms with E-state index in [9.17, 15) is 9.59 Å². The summed E-state index contributed by atoms with van der Waals surface area (Å²) in [5.74, 6) is 0. The van der Waals surface area contributed by atoms with Crippen LogP contribution in [0.1, 0.15) is 27.7 Å². The van der Waals surface area contributed by atoms with Gasteiger partial charge in [0.2, 0.25) is 0 Å². The summed E-state index contributed by atoms with van der Waals surface area (Å²) in [6, 6.07) is 8.30. The smallest absolute Gasteiger partial charge is 0.433 e. The van der Waals surface area contributed by atoms with E-state index in [1.165, 1.54) is 0 Å². The Morgan fingerprint density at radius 1 is 1.20 bits per heavy atom. The standard InChI is InChI=1S/C14H21N3O3/c1-5-15-17(13(19)20-14(2,3)4)12(18)16-11-9-7-6-8-10-11/h6-10,15H,5H2,1-4H3,(H,16,18). The average Bonchev–Trinajstić information content (AvgIpc) is 2.34. The molecule has 0 fully saturated rings. The van der Waals surface area contributed by atoms with Gasteiger partial charge >= 0.3 is 12.1 Å². The second-order valence-electron chi connectivity index (χ2n) is 5.12. The Kier molecular flexibility index (Phi) is 5.52. The molecule has 20 heavy (non-hydrogen) atoms. The molecule has 0 saturated carbocycles. The van der Waals surface area contributed by atoms with Gasteiger partial charge in [0, 0.05) is 12.2 Å². The fraction of sp³-hybridized carbons (Fsp3) is 0.429. The van der Waals surface area contributed by atoms with E-state index in [1.54, 1.807) is 52.0 Å². The summed E-state index contributed by atoms with van der Waals surface area (Å²) in [6.45, 7) is 7.42. The van der Waals surface area contributed by atoms with E-state index in [2.05, 4.69) is 10.7 Å². The molecule has 110 valence electrons. The number of hydrogen-bond donors (Lipinski definition) is 2. The summed E-state index contributed by atoms with van der Waals surface area (Å²) < 4.78 is 5.17. The van der Waals surface area contributed by atoms with Gasteiger partial charge in [0.25, 0.3) is 0 Å². The lowest BCUT2D eigenvalue weighted by Gasteiger charge is -2.26. The summed E-state index contributed by atoms with van der Waals surface area (Å²) in [4.78, 5) is 24.0. The fourth-order valence-electron chi connectivity index (χ4n) is 1.39. The normalized spacial score (nSPS) is 10.8. The van der Waals surface area contributed by atoms with Gasteiger partial charge in [-0.15, -0.1) is 0 Å². The predicted octanol–water partition coefficient (Wildman–Crippen LogP) is 2.98. The lowest BCUT2D eigenvalue weighted by Crippen LogP contribution is -2.50. The molecular weight excluding hydrogens is 258 g/mol. The SMILES string of the molecule is CCNN(C(=O)Nc1ccccc1)C(=O)OC(C)(C)C. The van der Waals surface area contributed by atoms with Crippen molar-refractivity contribution in [3.8, 4) is 0 Å². The van der Waals surface area contributed by atoms with Crippen molar-refractivity contribution < 1.29 is 14.3 Å². The van der Waals surface area contributed by atoms with E-state index in [4.69, 9.17) is 4.74 Å². The number of ether oxygens (including phenoxy) is 1. The first-order chi connectivity index (χ1) is 9.33. The molecule has 0 aromatic heterocycles. The third kappa shape index (κ3) is 5.27. The van der Waals surface area contributed by atoms with Gasteiger partial charge in [0.15, 0.2) is 0 Å². The van der Waals surface area contributed by atoms with Crippen LogP contribution in [0.15, 0.2) is 30.3 Å². The lowest BCUT2D eigenvalue weighted by molar-refractivity contribution is 0.0253. The second-order valence-corrected chi connectivity index (χ2v) is 5.12. The Hall–Kier alpha value is -2.08. The summed E-state index contributed by atoms with van der Waals surface area (Å²) >= 11 is 0. The molecule has 0 radical (unpaired) electrons. The third-order valence-electron chi connectivity index (χ3n) is 2.12. The van der Waals surface area contributed by atoms with Crippen LogP contribution in [0.25, 0.3) is 0 Å². The second kappa shape index (κ2) is 6.91. The maximum Gasteiger partial charge on any atom is 0.433 e. The number of hydrogen-bond acceptors (Lipinski definition) is 4. The first-order valence-corrected chi connectivity index (χ1v) is 6.46. The average molecular weight is 279 g/mol. The number of nitrogens with one attached hydrogen (secondary N) is 2. The number of hydrazine groups is 1. The van der Waals surface area contributed by atoms with Gasteiger partial charge in [0.05, 0.1) is 0 Å². The van der Waals surface area contributed by atoms with Crippen LogP contribution in [-0.4, -0.2) is 29.3 Å². The Labute approximate surface area is 119 Å². The minimum absolute atomic E-state index is 0.418. The van der Waals surface area contributed by atoms with E-state index in [0.717, 1.165) is 5.01 Å². The van der Waals surface area contributed by atoms with Crippen LogP contribution in [0, 0.1) is 0 Å². The highest BCUT2D eigenvalue weighted by Crippen LogP contribution is 2.11. The first kappa shape index (κ1) is 16.0. The van der Waals surface area contributed by atoms with Crippen molar-refractivity contribution in [3.05, 3.63) is 30.3 Å². The van der Waals surface area contributed by atoms with Crippen LogP contribution in [0.2, 0.25) is 0 Å². The van der Waals surface area contributed by atoms with E-state index in [-0.39, 0.29) is 0 Å². The molecule has 2 N–H and O–H groups in total. The van der Waals surface area contributed by atoms with Gasteiger partial charge < -0.3 is 10.1 Å². The summed E-state index contributed by atoms with van der Waals surface area (Å²) in [7, 11) is 0. The minimum atomic E-state index is -0.743. The molecule has 0 atom stereocenters. The molecule has 1 aromatic carbocycles. The molecule has 0 saturated heterocycles. The lowest BCUT2D eigenvalue weighted by atomic mass is 10.2. The number of para-hydroxylation sites is 1. The number of carbonyl (C=O) groups is 2. The van der Waals surface area contributed by atoms with Crippen LogP contribution in [0.5, 0.6) is 0 Å². The highest BCUT2D eigenvalue weighted by molar-refractivity contribution is 5.98. The molecule has 6 heteroatoms. The molecule has 0 unspecified atom stereocenters. The Morgan fingerprint density at radius 3 is 2.30 bits per heavy atom. The van der Waals surface area contributed by atoms with Crippen molar-refractivity contribution in [2.75, 3.05) is 11.9 Å². The quantitative estimate of drug-likeness (QED) is 0.834. The van der Waals surface area contributed by atoms with Gasteiger partial charge in [-0.3, -0.25) is 0 Å². The highest BCUT2D eigenvalue weighted by atomic mass is 16.6. The van der Waals surface area contributed by atoms with Crippen molar-refractivity contribution >= 4 is 17.8 Å². The van der Waals surface area contributed by atoms with Crippen LogP contribution < -0.4 is 10.7 Å². The largest absolute Gasteiger partial charge is 0.442 e. The topological polar surface area (TPSA) is 70.7 Å². The zero-order valence-corrected chi connectivity index (χ0v) is 12.3. The van der Waals surface area contributed by atoms with Crippen LogP contribution >= 0.6 is 0 Å². The van der Waals surface area contributed by atoms with Crippen molar-refractivity contribution in [2.24, 2.45) is 0 Å². The maximum absolute atomic E-state index is 12.1. The molecule has 0 aliphatic carbocycles. The Balaban J connectivity index is 2.74. The summed E-state index contributed by atoms with van der Waals surface area (Å²) in [5, 5.41) is 3.45. The summed E-state index contributed by atoms with van der Waals surface area (Å²) in [5.41, 5.74) is 2.60. The Morgan fingerprint density at radius 2 is 1.80 bits per heavy atom. The number of anilines is 1. The number of benzene rings is 1. The molecule has 0 aliphatic heterocycles. The number of carbonyl (C=O) groups excluding carboxylic acids is 2. The molecular formula is C14H21N3O3. The van der Waals surface area contributed by atoms with Crippen molar-refractivity contribution in [1.82, 2.24) is 10.4 Å². The number of imide groups is 1. The fourth-order valence-corrected chi connectivity index (χ4v) is 1.39. The first-order valence-electron chi connectivity index (χ1n) is 6.46. The van der Waals surface area contributed by atoms with Crippen LogP contribution in [0.3, 0.4) is 0 Å². The molecule has 0 bridgehead atoms. The van der Waals surface area contributed by atoms with Gasteiger partial charge in [-0.25, -0.2) is 15.0 Å². The van der Waals surface area contributed by atoms with Gasteiger partial charge in [-0.1, -0.05) is 25.1 Å². The summed E-state index contributed by atoms with van der Waals surface area (Å²) in [6.07, 6.45) is -0.743. The van der Waals surface area contributed by atoms with Crippen molar-refractivity contribution in [1.29, 1.82) is 0 Å². The molecule has 6 nitrogen and oxygen atoms in total. The van der Waals surface area contributed by atoms with E-state index in [1.807, 2.05) is 6.07 Å². The zero-order chi connectivity index (χ0) is 15.2. The minimum Gasteiger partial charge on any atom is -0.442 e. The van der Waals surface area contributed by atoms with Crippen molar-refractivity contribution in [2.45, 2.75) is 33.3 Å². The van der Waals surface area contributed by atoms with Gasteiger partial charge in [0.1, 0.15) is 5.60 Å². The van der Waals surface area contributed by atoms with Crippen LogP contribution in [-0.2, 0) is 4.74 Å². The van der Waals surface area contributed by atoms with Crippen molar-refractivity contribution in [3.63, 3.8) is 0 Å². The molecule has 1 rings (SSSR count). The van der Waals surface area contributed by atoms with Gasteiger partial charge in [-0.05, 0) is 32.9 Å². The number of amides is 3. The van der Waals surface area contributed by atoms with Crippen LogP contribution in [0.4, 0.5) is 15.3 Å². The van der Waals surface area contributed by atoms with Gasteiger partial charge in [-0.2, -0.15) is 5.01 Å². The zero-order valence-electron chi connectivity index (χ0n) is 12.3.